The maximum atomic E-state index is 13.2. The highest BCUT2D eigenvalue weighted by Gasteiger charge is 2.16. The van der Waals surface area contributed by atoms with E-state index >= 15 is 0 Å². The molecule has 2 atom stereocenters. The van der Waals surface area contributed by atoms with E-state index in [1.54, 1.807) is 0 Å². The molecule has 0 aliphatic heterocycles. The number of ether oxygens (including phenoxy) is 3. The fourth-order valence-corrected chi connectivity index (χ4v) is 6.40. The number of carbonyl (C=O) groups excluding carboxylic acids is 1. The minimum absolute atomic E-state index is 0.0735. The number of hydrogen-bond acceptors (Lipinski definition) is 4. The van der Waals surface area contributed by atoms with Gasteiger partial charge < -0.3 is 14.2 Å². The fourth-order valence-electron chi connectivity index (χ4n) is 6.40. The van der Waals surface area contributed by atoms with Gasteiger partial charge in [0.2, 0.25) is 0 Å². The highest BCUT2D eigenvalue weighted by molar-refractivity contribution is 5.92. The Bertz CT molecular complexity index is 1270. The number of unbranched alkanes of at least 4 members (excludes halogenated alkanes) is 14. The molecule has 0 saturated heterocycles. The zero-order valence-electron chi connectivity index (χ0n) is 31.4. The van der Waals surface area contributed by atoms with Gasteiger partial charge in [-0.3, -0.25) is 0 Å². The van der Waals surface area contributed by atoms with Crippen molar-refractivity contribution in [3.8, 4) is 22.6 Å². The van der Waals surface area contributed by atoms with Gasteiger partial charge in [-0.05, 0) is 73.6 Å². The van der Waals surface area contributed by atoms with Gasteiger partial charge in [0.1, 0.15) is 0 Å². The van der Waals surface area contributed by atoms with Crippen molar-refractivity contribution in [3.05, 3.63) is 83.9 Å². The molecule has 0 saturated carbocycles. The molecule has 3 aromatic rings. The Hall–Kier alpha value is -3.11. The van der Waals surface area contributed by atoms with Crippen LogP contribution in [0.2, 0.25) is 0 Å². The first-order chi connectivity index (χ1) is 24.0. The summed E-state index contributed by atoms with van der Waals surface area (Å²) in [5.41, 5.74) is 3.87. The number of rotatable bonds is 27. The van der Waals surface area contributed by atoms with Gasteiger partial charge in [-0.15, -0.1) is 0 Å². The molecule has 0 heterocycles. The Kier molecular flexibility index (Phi) is 20.5. The standard InChI is InChI=1S/C45H66O4/c1-5-8-10-12-14-15-16-17-19-23-36-47-37(4)38-28-30-39(31-29-38)40-32-34-41(35-33-40)45(46)49-44-27-22-21-26-43(44)48-42(24-7-3)25-20-18-13-11-9-6-2/h21-22,26-35,37,42H,5-20,23-25,36H2,1-4H3. The topological polar surface area (TPSA) is 44.8 Å². The molecule has 0 spiro atoms. The predicted molar refractivity (Wildman–Crippen MR) is 207 cm³/mol. The first-order valence-corrected chi connectivity index (χ1v) is 19.9. The number of hydrogen-bond donors (Lipinski definition) is 0. The second kappa shape index (κ2) is 24.9. The molecule has 0 N–H and O–H groups in total. The van der Waals surface area contributed by atoms with E-state index in [2.05, 4.69) is 52.0 Å². The third kappa shape index (κ3) is 16.0. The van der Waals surface area contributed by atoms with Crippen LogP contribution in [-0.2, 0) is 4.74 Å². The smallest absolute Gasteiger partial charge is 0.343 e. The first-order valence-electron chi connectivity index (χ1n) is 19.9. The first kappa shape index (κ1) is 40.3. The van der Waals surface area contributed by atoms with Crippen LogP contribution in [0.15, 0.2) is 72.8 Å². The average Bonchev–Trinajstić information content (AvgIpc) is 3.13. The third-order valence-electron chi connectivity index (χ3n) is 9.54. The van der Waals surface area contributed by atoms with Crippen molar-refractivity contribution < 1.29 is 19.0 Å². The van der Waals surface area contributed by atoms with Crippen molar-refractivity contribution in [2.45, 2.75) is 162 Å². The Morgan fingerprint density at radius 3 is 1.63 bits per heavy atom. The summed E-state index contributed by atoms with van der Waals surface area (Å²) in [6.07, 6.45) is 24.2. The van der Waals surface area contributed by atoms with Crippen molar-refractivity contribution in [3.63, 3.8) is 0 Å². The maximum absolute atomic E-state index is 13.2. The third-order valence-corrected chi connectivity index (χ3v) is 9.54. The Morgan fingerprint density at radius 1 is 0.551 bits per heavy atom. The van der Waals surface area contributed by atoms with E-state index in [9.17, 15) is 4.79 Å². The summed E-state index contributed by atoms with van der Waals surface area (Å²) in [6, 6.07) is 23.8. The lowest BCUT2D eigenvalue weighted by Crippen LogP contribution is -2.17. The molecule has 0 aliphatic rings. The Labute approximate surface area is 299 Å². The van der Waals surface area contributed by atoms with Gasteiger partial charge in [0.05, 0.1) is 17.8 Å². The summed E-state index contributed by atoms with van der Waals surface area (Å²) in [5.74, 6) is 0.730. The van der Waals surface area contributed by atoms with Crippen molar-refractivity contribution in [1.82, 2.24) is 0 Å². The average molecular weight is 671 g/mol. The second-order valence-electron chi connectivity index (χ2n) is 13.8. The summed E-state index contributed by atoms with van der Waals surface area (Å²) >= 11 is 0. The van der Waals surface area contributed by atoms with Gasteiger partial charge in [0.15, 0.2) is 11.5 Å². The summed E-state index contributed by atoms with van der Waals surface area (Å²) in [6.45, 7) is 9.66. The predicted octanol–water partition coefficient (Wildman–Crippen LogP) is 13.9. The van der Waals surface area contributed by atoms with Crippen molar-refractivity contribution >= 4 is 5.97 Å². The fraction of sp³-hybridized carbons (Fsp3) is 0.578. The van der Waals surface area contributed by atoms with Crippen LogP contribution in [0.4, 0.5) is 0 Å². The van der Waals surface area contributed by atoms with E-state index in [1.807, 2.05) is 48.5 Å². The number of para-hydroxylation sites is 2. The molecule has 0 bridgehead atoms. The quantitative estimate of drug-likeness (QED) is 0.0460. The van der Waals surface area contributed by atoms with Gasteiger partial charge in [-0.1, -0.05) is 166 Å². The zero-order chi connectivity index (χ0) is 34.9. The summed E-state index contributed by atoms with van der Waals surface area (Å²) in [7, 11) is 0. The van der Waals surface area contributed by atoms with Crippen LogP contribution in [-0.4, -0.2) is 18.7 Å². The summed E-state index contributed by atoms with van der Waals surface area (Å²) in [5, 5.41) is 0. The van der Waals surface area contributed by atoms with Crippen LogP contribution in [0.3, 0.4) is 0 Å². The van der Waals surface area contributed by atoms with Crippen LogP contribution >= 0.6 is 0 Å². The van der Waals surface area contributed by atoms with E-state index in [4.69, 9.17) is 14.2 Å². The molecule has 4 heteroatoms. The van der Waals surface area contributed by atoms with Gasteiger partial charge >= 0.3 is 5.97 Å². The molecule has 2 unspecified atom stereocenters. The lowest BCUT2D eigenvalue weighted by molar-refractivity contribution is 0.0627. The molecule has 4 nitrogen and oxygen atoms in total. The van der Waals surface area contributed by atoms with Crippen LogP contribution in [0.5, 0.6) is 11.5 Å². The molecule has 0 amide bonds. The molecule has 270 valence electrons. The van der Waals surface area contributed by atoms with E-state index in [1.165, 1.54) is 95.5 Å². The molecular formula is C45H66O4. The van der Waals surface area contributed by atoms with Gasteiger partial charge in [-0.2, -0.15) is 0 Å². The SMILES string of the molecule is CCCCCCCCCCCCOC(C)c1ccc(-c2ccc(C(=O)Oc3ccccc3OC(CCC)CCCCCCCC)cc2)cc1. The van der Waals surface area contributed by atoms with Crippen molar-refractivity contribution in [1.29, 1.82) is 0 Å². The summed E-state index contributed by atoms with van der Waals surface area (Å²) < 4.78 is 18.4. The van der Waals surface area contributed by atoms with Crippen molar-refractivity contribution in [2.24, 2.45) is 0 Å². The van der Waals surface area contributed by atoms with Crippen LogP contribution in [0.1, 0.15) is 172 Å². The number of carbonyl (C=O) groups is 1. The van der Waals surface area contributed by atoms with Gasteiger partial charge in [0, 0.05) is 6.61 Å². The molecule has 49 heavy (non-hydrogen) atoms. The second-order valence-corrected chi connectivity index (χ2v) is 13.8. The number of esters is 1. The maximum Gasteiger partial charge on any atom is 0.343 e. The molecule has 3 rings (SSSR count). The lowest BCUT2D eigenvalue weighted by atomic mass is 10.0. The molecule has 3 aromatic carbocycles. The molecule has 0 radical (unpaired) electrons. The van der Waals surface area contributed by atoms with E-state index in [-0.39, 0.29) is 18.2 Å². The molecule has 0 fully saturated rings. The highest BCUT2D eigenvalue weighted by atomic mass is 16.6. The normalized spacial score (nSPS) is 12.5. The highest BCUT2D eigenvalue weighted by Crippen LogP contribution is 2.31. The molecular weight excluding hydrogens is 604 g/mol. The minimum atomic E-state index is -0.380. The van der Waals surface area contributed by atoms with E-state index < -0.39 is 0 Å². The van der Waals surface area contributed by atoms with Crippen LogP contribution in [0.25, 0.3) is 11.1 Å². The summed E-state index contributed by atoms with van der Waals surface area (Å²) in [4.78, 5) is 13.2. The monoisotopic (exact) mass is 670 g/mol. The minimum Gasteiger partial charge on any atom is -0.487 e. The van der Waals surface area contributed by atoms with E-state index in [0.717, 1.165) is 49.8 Å². The Balaban J connectivity index is 1.44. The molecule has 0 aromatic heterocycles. The van der Waals surface area contributed by atoms with Crippen LogP contribution < -0.4 is 9.47 Å². The van der Waals surface area contributed by atoms with Gasteiger partial charge in [-0.25, -0.2) is 4.79 Å². The largest absolute Gasteiger partial charge is 0.487 e. The van der Waals surface area contributed by atoms with Crippen LogP contribution in [0, 0.1) is 0 Å². The van der Waals surface area contributed by atoms with Crippen molar-refractivity contribution in [2.75, 3.05) is 6.61 Å². The lowest BCUT2D eigenvalue weighted by Gasteiger charge is -2.20. The molecule has 0 aliphatic carbocycles. The van der Waals surface area contributed by atoms with Gasteiger partial charge in [0.25, 0.3) is 0 Å². The Morgan fingerprint density at radius 2 is 1.06 bits per heavy atom. The zero-order valence-corrected chi connectivity index (χ0v) is 31.4. The number of benzene rings is 3. The van der Waals surface area contributed by atoms with E-state index in [0.29, 0.717) is 17.1 Å².